The highest BCUT2D eigenvalue weighted by atomic mass is 32.1. The van der Waals surface area contributed by atoms with Crippen molar-refractivity contribution in [2.75, 3.05) is 14.2 Å². The molecule has 1 unspecified atom stereocenters. The maximum Gasteiger partial charge on any atom is 0.342 e. The Morgan fingerprint density at radius 3 is 2.45 bits per heavy atom. The van der Waals surface area contributed by atoms with Crippen molar-refractivity contribution in [3.63, 3.8) is 0 Å². The maximum absolute atomic E-state index is 13.2. The lowest BCUT2D eigenvalue weighted by molar-refractivity contribution is -0.185. The summed E-state index contributed by atoms with van der Waals surface area (Å²) >= 11 is 1.11. The van der Waals surface area contributed by atoms with Gasteiger partial charge in [-0.25, -0.2) is 4.79 Å². The third-order valence-corrected chi connectivity index (χ3v) is 6.25. The molecule has 0 saturated heterocycles. The molecule has 1 aliphatic rings. The number of methoxy groups -OCH3 is 2. The van der Waals surface area contributed by atoms with E-state index < -0.39 is 11.8 Å². The van der Waals surface area contributed by atoms with E-state index in [1.807, 2.05) is 36.4 Å². The van der Waals surface area contributed by atoms with E-state index in [-0.39, 0.29) is 0 Å². The van der Waals surface area contributed by atoms with Crippen molar-refractivity contribution in [3.8, 4) is 11.5 Å². The SMILES string of the molecule is COc1ccc(C2(O)OC(=O)C(c3ccc4nsnc4c3)=C2Cc2ccccc2)cc1OC. The summed E-state index contributed by atoms with van der Waals surface area (Å²) < 4.78 is 24.9. The van der Waals surface area contributed by atoms with E-state index in [9.17, 15) is 9.90 Å². The predicted octanol–water partition coefficient (Wildman–Crippen LogP) is 4.11. The van der Waals surface area contributed by atoms with Crippen LogP contribution in [0.1, 0.15) is 16.7 Å². The Morgan fingerprint density at radius 2 is 1.70 bits per heavy atom. The quantitative estimate of drug-likeness (QED) is 0.433. The van der Waals surface area contributed by atoms with Crippen LogP contribution in [0.2, 0.25) is 0 Å². The van der Waals surface area contributed by atoms with E-state index in [4.69, 9.17) is 14.2 Å². The van der Waals surface area contributed by atoms with E-state index >= 15 is 0 Å². The molecule has 2 heterocycles. The minimum absolute atomic E-state index is 0.306. The molecule has 0 spiro atoms. The summed E-state index contributed by atoms with van der Waals surface area (Å²) in [4.78, 5) is 13.2. The Labute approximate surface area is 194 Å². The molecule has 166 valence electrons. The largest absolute Gasteiger partial charge is 0.493 e. The number of rotatable bonds is 6. The van der Waals surface area contributed by atoms with Gasteiger partial charge < -0.3 is 19.3 Å². The highest BCUT2D eigenvalue weighted by Gasteiger charge is 2.48. The molecule has 0 aliphatic carbocycles. The van der Waals surface area contributed by atoms with Gasteiger partial charge in [-0.2, -0.15) is 8.75 Å². The van der Waals surface area contributed by atoms with E-state index in [1.165, 1.54) is 14.2 Å². The van der Waals surface area contributed by atoms with Crippen molar-refractivity contribution in [3.05, 3.63) is 89.0 Å². The fourth-order valence-electron chi connectivity index (χ4n) is 4.06. The molecule has 8 heteroatoms. The van der Waals surface area contributed by atoms with E-state index in [0.717, 1.165) is 22.8 Å². The number of nitrogens with zero attached hydrogens (tertiary/aromatic N) is 2. The molecule has 1 aromatic heterocycles. The third kappa shape index (κ3) is 3.63. The number of aliphatic hydroxyl groups is 1. The van der Waals surface area contributed by atoms with Crippen LogP contribution in [0.5, 0.6) is 11.5 Å². The van der Waals surface area contributed by atoms with Gasteiger partial charge in [-0.3, -0.25) is 0 Å². The Hall–Kier alpha value is -3.75. The minimum Gasteiger partial charge on any atom is -0.493 e. The van der Waals surface area contributed by atoms with Gasteiger partial charge in [0.25, 0.3) is 5.79 Å². The second kappa shape index (κ2) is 8.31. The number of ether oxygens (including phenoxy) is 3. The zero-order valence-corrected chi connectivity index (χ0v) is 18.8. The molecule has 4 aromatic rings. The van der Waals surface area contributed by atoms with Crippen molar-refractivity contribution < 1.29 is 24.1 Å². The predicted molar refractivity (Wildman–Crippen MR) is 124 cm³/mol. The van der Waals surface area contributed by atoms with Crippen LogP contribution in [0, 0.1) is 0 Å². The van der Waals surface area contributed by atoms with Crippen LogP contribution in [0.4, 0.5) is 0 Å². The molecule has 7 nitrogen and oxygen atoms in total. The van der Waals surface area contributed by atoms with Gasteiger partial charge in [0.1, 0.15) is 11.0 Å². The number of hydrogen-bond donors (Lipinski definition) is 1. The molecular formula is C25H20N2O5S. The Bertz CT molecular complexity index is 1380. The summed E-state index contributed by atoms with van der Waals surface area (Å²) in [6, 6.07) is 20.0. The first-order chi connectivity index (χ1) is 16.0. The first-order valence-electron chi connectivity index (χ1n) is 10.2. The molecule has 1 N–H and O–H groups in total. The van der Waals surface area contributed by atoms with Crippen molar-refractivity contribution in [1.82, 2.24) is 8.75 Å². The number of benzene rings is 3. The summed E-state index contributed by atoms with van der Waals surface area (Å²) in [5.41, 5.74) is 4.08. The zero-order chi connectivity index (χ0) is 23.0. The molecule has 5 rings (SSSR count). The van der Waals surface area contributed by atoms with Gasteiger partial charge in [0.05, 0.1) is 31.5 Å². The zero-order valence-electron chi connectivity index (χ0n) is 17.9. The Balaban J connectivity index is 1.71. The van der Waals surface area contributed by atoms with E-state index in [1.54, 1.807) is 30.3 Å². The Kier molecular flexibility index (Phi) is 5.32. The number of aromatic nitrogens is 2. The summed E-state index contributed by atoms with van der Waals surface area (Å²) in [7, 11) is 3.04. The lowest BCUT2D eigenvalue weighted by Gasteiger charge is -2.26. The number of carbonyl (C=O) groups excluding carboxylic acids is 1. The second-order valence-electron chi connectivity index (χ2n) is 7.59. The van der Waals surface area contributed by atoms with E-state index in [2.05, 4.69) is 8.75 Å². The van der Waals surface area contributed by atoms with Crippen LogP contribution in [-0.2, 0) is 21.7 Å². The molecule has 0 amide bonds. The van der Waals surface area contributed by atoms with Crippen molar-refractivity contribution in [2.45, 2.75) is 12.2 Å². The fourth-order valence-corrected chi connectivity index (χ4v) is 4.57. The second-order valence-corrected chi connectivity index (χ2v) is 8.12. The van der Waals surface area contributed by atoms with Crippen LogP contribution in [0.15, 0.2) is 72.3 Å². The van der Waals surface area contributed by atoms with Gasteiger partial charge in [-0.15, -0.1) is 0 Å². The Morgan fingerprint density at radius 1 is 0.939 bits per heavy atom. The number of fused-ring (bicyclic) bond motifs is 1. The summed E-state index contributed by atoms with van der Waals surface area (Å²) in [5.74, 6) is -1.66. The molecule has 33 heavy (non-hydrogen) atoms. The van der Waals surface area contributed by atoms with Gasteiger partial charge in [-0.1, -0.05) is 36.4 Å². The third-order valence-electron chi connectivity index (χ3n) is 5.70. The van der Waals surface area contributed by atoms with Crippen LogP contribution in [-0.4, -0.2) is 34.0 Å². The van der Waals surface area contributed by atoms with Crippen LogP contribution in [0.3, 0.4) is 0 Å². The van der Waals surface area contributed by atoms with Crippen LogP contribution < -0.4 is 9.47 Å². The normalized spacial score (nSPS) is 18.0. The highest BCUT2D eigenvalue weighted by molar-refractivity contribution is 7.00. The molecular weight excluding hydrogens is 440 g/mol. The average molecular weight is 461 g/mol. The standard InChI is InChI=1S/C25H20N2O5S/c1-30-21-11-9-17(14-22(21)31-2)25(29)18(12-15-6-4-3-5-7-15)23(24(28)32-25)16-8-10-19-20(13-16)27-33-26-19/h3-11,13-14,29H,12H2,1-2H3. The van der Waals surface area contributed by atoms with Crippen molar-refractivity contribution >= 4 is 34.3 Å². The van der Waals surface area contributed by atoms with Gasteiger partial charge in [0, 0.05) is 17.6 Å². The van der Waals surface area contributed by atoms with Gasteiger partial charge in [0.15, 0.2) is 11.5 Å². The summed E-state index contributed by atoms with van der Waals surface area (Å²) in [6.45, 7) is 0. The molecule has 0 fully saturated rings. The number of esters is 1. The highest BCUT2D eigenvalue weighted by Crippen LogP contribution is 2.46. The van der Waals surface area contributed by atoms with Crippen molar-refractivity contribution in [2.24, 2.45) is 0 Å². The smallest absolute Gasteiger partial charge is 0.342 e. The summed E-state index contributed by atoms with van der Waals surface area (Å²) in [5, 5.41) is 11.8. The molecule has 0 radical (unpaired) electrons. The molecule has 0 bridgehead atoms. The molecule has 3 aromatic carbocycles. The first-order valence-corrected chi connectivity index (χ1v) is 10.9. The van der Waals surface area contributed by atoms with Crippen LogP contribution >= 0.6 is 11.7 Å². The van der Waals surface area contributed by atoms with Crippen molar-refractivity contribution in [1.29, 1.82) is 0 Å². The lowest BCUT2D eigenvalue weighted by Crippen LogP contribution is -2.29. The average Bonchev–Trinajstić information content (AvgIpc) is 3.41. The molecule has 0 saturated carbocycles. The fraction of sp³-hybridized carbons (Fsp3) is 0.160. The molecule has 1 atom stereocenters. The summed E-state index contributed by atoms with van der Waals surface area (Å²) in [6.07, 6.45) is 0.306. The number of hydrogen-bond acceptors (Lipinski definition) is 8. The van der Waals surface area contributed by atoms with Gasteiger partial charge in [0.2, 0.25) is 0 Å². The van der Waals surface area contributed by atoms with E-state index in [0.29, 0.717) is 45.7 Å². The van der Waals surface area contributed by atoms with Crippen LogP contribution in [0.25, 0.3) is 16.6 Å². The number of carbonyl (C=O) groups is 1. The first kappa shape index (κ1) is 21.1. The minimum atomic E-state index is -1.98. The van der Waals surface area contributed by atoms with Gasteiger partial charge >= 0.3 is 5.97 Å². The van der Waals surface area contributed by atoms with Gasteiger partial charge in [-0.05, 0) is 41.5 Å². The lowest BCUT2D eigenvalue weighted by atomic mass is 9.88. The molecule has 1 aliphatic heterocycles. The number of cyclic esters (lactones) is 1. The maximum atomic E-state index is 13.2. The monoisotopic (exact) mass is 460 g/mol. The topological polar surface area (TPSA) is 90.8 Å².